The van der Waals surface area contributed by atoms with Gasteiger partial charge < -0.3 is 20.1 Å². The van der Waals surface area contributed by atoms with Crippen molar-refractivity contribution in [2.75, 3.05) is 17.7 Å². The lowest BCUT2D eigenvalue weighted by Gasteiger charge is -2.35. The number of amides is 3. The van der Waals surface area contributed by atoms with Crippen LogP contribution in [0.3, 0.4) is 0 Å². The zero-order valence-corrected chi connectivity index (χ0v) is 28.8. The predicted octanol–water partition coefficient (Wildman–Crippen LogP) is 6.96. The molecule has 2 aliphatic heterocycles. The van der Waals surface area contributed by atoms with Gasteiger partial charge in [0.05, 0.1) is 4.75 Å². The molecule has 4 heterocycles. The van der Waals surface area contributed by atoms with E-state index in [9.17, 15) is 14.4 Å². The van der Waals surface area contributed by atoms with Crippen molar-refractivity contribution in [1.82, 2.24) is 15.8 Å². The average Bonchev–Trinajstić information content (AvgIpc) is 3.56. The van der Waals surface area contributed by atoms with Crippen LogP contribution in [0.4, 0.5) is 10.5 Å². The fraction of sp³-hybridized carbons (Fsp3) is 0.486. The summed E-state index contributed by atoms with van der Waals surface area (Å²) >= 11 is 3.51. The fourth-order valence-electron chi connectivity index (χ4n) is 5.64. The molecular weight excluding hydrogens is 637 g/mol. The Morgan fingerprint density at radius 1 is 1.09 bits per heavy atom. The Morgan fingerprint density at radius 2 is 1.96 bits per heavy atom. The van der Waals surface area contributed by atoms with Gasteiger partial charge in [0, 0.05) is 53.7 Å². The van der Waals surface area contributed by atoms with E-state index in [0.717, 1.165) is 65.2 Å². The number of alkyl carbamates (subject to hydrolysis) is 1. The van der Waals surface area contributed by atoms with Crippen LogP contribution in [-0.2, 0) is 35.1 Å². The number of carbonyl (C=O) groups is 3. The van der Waals surface area contributed by atoms with Gasteiger partial charge in [-0.25, -0.2) is 15.1 Å². The Hall–Kier alpha value is -3.45. The van der Waals surface area contributed by atoms with Gasteiger partial charge in [-0.1, -0.05) is 24.6 Å². The molecule has 0 bridgehead atoms. The average molecular weight is 681 g/mol. The van der Waals surface area contributed by atoms with Gasteiger partial charge in [-0.3, -0.25) is 14.6 Å². The normalized spacial score (nSPS) is 20.5. The third kappa shape index (κ3) is 10.3. The molecule has 0 spiro atoms. The number of hydrogen-bond acceptors (Lipinski definition) is 9. The van der Waals surface area contributed by atoms with Crippen LogP contribution in [-0.4, -0.2) is 53.2 Å². The molecule has 47 heavy (non-hydrogen) atoms. The number of thiophene rings is 1. The molecule has 2 aromatic heterocycles. The second kappa shape index (κ2) is 16.1. The molecule has 0 aliphatic carbocycles. The Morgan fingerprint density at radius 3 is 2.68 bits per heavy atom. The lowest BCUT2D eigenvalue weighted by Crippen LogP contribution is -2.47. The SMILES string of the molecule is CC(C)(C)OC(=O)NC(Cc1cccnc1)C(=O)Nc1cccc(-c2ccc([C@@]3(CC(=O)NOC4CCCCO4)CCCCS3)s2)c1. The number of pyridine rings is 1. The number of ether oxygens (including phenoxy) is 2. The summed E-state index contributed by atoms with van der Waals surface area (Å²) in [6.07, 6.45) is 8.76. The van der Waals surface area contributed by atoms with Crippen molar-refractivity contribution in [2.45, 2.75) is 94.8 Å². The summed E-state index contributed by atoms with van der Waals surface area (Å²) in [7, 11) is 0. The standard InChI is InChI=1S/C35H44N4O6S2/c1-34(2,3)44-33(42)38-27(20-24-10-9-17-36-23-24)32(41)37-26-12-8-11-25(21-26)28-14-15-29(47-28)35(16-5-7-19-46-35)22-30(40)39-45-31-13-4-6-18-43-31/h8-12,14-15,17,21,23,27,31H,4-7,13,16,18-20,22H2,1-3H3,(H,37,41)(H,38,42)(H,39,40)/t27?,31?,35-/m0/s1. The van der Waals surface area contributed by atoms with Gasteiger partial charge >= 0.3 is 6.09 Å². The molecule has 3 amide bonds. The summed E-state index contributed by atoms with van der Waals surface area (Å²) in [6.45, 7) is 5.97. The fourth-order valence-corrected chi connectivity index (χ4v) is 8.52. The van der Waals surface area contributed by atoms with Crippen LogP contribution in [0.5, 0.6) is 0 Å². The Bertz CT molecular complexity index is 1500. The smallest absolute Gasteiger partial charge is 0.408 e. The van der Waals surface area contributed by atoms with Crippen LogP contribution in [0, 0.1) is 0 Å². The van der Waals surface area contributed by atoms with E-state index in [2.05, 4.69) is 33.2 Å². The minimum absolute atomic E-state index is 0.144. The summed E-state index contributed by atoms with van der Waals surface area (Å²) in [5.74, 6) is 0.480. The predicted molar refractivity (Wildman–Crippen MR) is 185 cm³/mol. The van der Waals surface area contributed by atoms with Crippen LogP contribution in [0.1, 0.15) is 76.2 Å². The van der Waals surface area contributed by atoms with Gasteiger partial charge in [0.15, 0.2) is 6.29 Å². The summed E-state index contributed by atoms with van der Waals surface area (Å²) < 4.78 is 10.7. The van der Waals surface area contributed by atoms with Crippen molar-refractivity contribution < 1.29 is 28.7 Å². The third-order valence-electron chi connectivity index (χ3n) is 7.88. The van der Waals surface area contributed by atoms with Gasteiger partial charge in [-0.15, -0.1) is 23.1 Å². The molecule has 2 fully saturated rings. The van der Waals surface area contributed by atoms with Crippen molar-refractivity contribution >= 4 is 46.7 Å². The summed E-state index contributed by atoms with van der Waals surface area (Å²) in [5.41, 5.74) is 4.31. The molecule has 0 saturated carbocycles. The first-order valence-corrected chi connectivity index (χ1v) is 18.0. The molecular formula is C35H44N4O6S2. The molecule has 1 aromatic carbocycles. The highest BCUT2D eigenvalue weighted by Crippen LogP contribution is 2.51. The number of anilines is 1. The Labute approximate surface area is 284 Å². The molecule has 5 rings (SSSR count). The first-order valence-electron chi connectivity index (χ1n) is 16.2. The van der Waals surface area contributed by atoms with E-state index in [-0.39, 0.29) is 29.3 Å². The molecule has 3 atom stereocenters. The van der Waals surface area contributed by atoms with Crippen LogP contribution < -0.4 is 16.1 Å². The largest absolute Gasteiger partial charge is 0.444 e. The van der Waals surface area contributed by atoms with E-state index >= 15 is 0 Å². The topological polar surface area (TPSA) is 128 Å². The van der Waals surface area contributed by atoms with Gasteiger partial charge in [0.1, 0.15) is 11.6 Å². The van der Waals surface area contributed by atoms with Crippen molar-refractivity contribution in [3.63, 3.8) is 0 Å². The molecule has 2 aliphatic rings. The summed E-state index contributed by atoms with van der Waals surface area (Å²) in [6, 6.07) is 14.6. The highest BCUT2D eigenvalue weighted by Gasteiger charge is 2.38. The molecule has 12 heteroatoms. The number of thioether (sulfide) groups is 1. The highest BCUT2D eigenvalue weighted by atomic mass is 32.2. The van der Waals surface area contributed by atoms with Crippen molar-refractivity contribution in [2.24, 2.45) is 0 Å². The molecule has 2 saturated heterocycles. The molecule has 252 valence electrons. The zero-order chi connectivity index (χ0) is 33.3. The number of benzene rings is 1. The Kier molecular flexibility index (Phi) is 11.9. The second-order valence-electron chi connectivity index (χ2n) is 12.9. The van der Waals surface area contributed by atoms with Crippen LogP contribution >= 0.6 is 23.1 Å². The van der Waals surface area contributed by atoms with Crippen molar-refractivity contribution in [3.8, 4) is 10.4 Å². The maximum absolute atomic E-state index is 13.5. The lowest BCUT2D eigenvalue weighted by atomic mass is 9.94. The van der Waals surface area contributed by atoms with Crippen LogP contribution in [0.15, 0.2) is 60.9 Å². The summed E-state index contributed by atoms with van der Waals surface area (Å²) in [5, 5.41) is 5.70. The van der Waals surface area contributed by atoms with Gasteiger partial charge in [-0.2, -0.15) is 0 Å². The number of rotatable bonds is 11. The van der Waals surface area contributed by atoms with Gasteiger partial charge in [-0.05, 0) is 93.7 Å². The third-order valence-corrected chi connectivity index (χ3v) is 11.0. The first-order chi connectivity index (χ1) is 22.6. The van der Waals surface area contributed by atoms with E-state index in [1.807, 2.05) is 42.1 Å². The first kappa shape index (κ1) is 34.9. The maximum atomic E-state index is 13.5. The lowest BCUT2D eigenvalue weighted by molar-refractivity contribution is -0.200. The molecule has 3 aromatic rings. The maximum Gasteiger partial charge on any atom is 0.408 e. The molecule has 2 unspecified atom stereocenters. The molecule has 3 N–H and O–H groups in total. The Balaban J connectivity index is 1.28. The summed E-state index contributed by atoms with van der Waals surface area (Å²) in [4.78, 5) is 51.1. The quantitative estimate of drug-likeness (QED) is 0.186. The van der Waals surface area contributed by atoms with Gasteiger partial charge in [0.25, 0.3) is 0 Å². The van der Waals surface area contributed by atoms with Crippen LogP contribution in [0.2, 0.25) is 0 Å². The monoisotopic (exact) mass is 680 g/mol. The van der Waals surface area contributed by atoms with E-state index in [0.29, 0.717) is 18.7 Å². The van der Waals surface area contributed by atoms with E-state index < -0.39 is 17.7 Å². The van der Waals surface area contributed by atoms with Crippen LogP contribution in [0.25, 0.3) is 10.4 Å². The van der Waals surface area contributed by atoms with Crippen molar-refractivity contribution in [3.05, 3.63) is 71.4 Å². The highest BCUT2D eigenvalue weighted by molar-refractivity contribution is 8.00. The number of hydroxylamine groups is 1. The number of hydrogen-bond donors (Lipinski definition) is 3. The van der Waals surface area contributed by atoms with Crippen molar-refractivity contribution in [1.29, 1.82) is 0 Å². The van der Waals surface area contributed by atoms with Gasteiger partial charge in [0.2, 0.25) is 11.8 Å². The molecule has 10 nitrogen and oxygen atoms in total. The van der Waals surface area contributed by atoms with E-state index in [4.69, 9.17) is 14.3 Å². The van der Waals surface area contributed by atoms with E-state index in [1.165, 1.54) is 0 Å². The van der Waals surface area contributed by atoms with E-state index in [1.54, 1.807) is 50.6 Å². The number of nitrogens with zero attached hydrogens (tertiary/aromatic N) is 1. The minimum atomic E-state index is -0.881. The zero-order valence-electron chi connectivity index (χ0n) is 27.2. The molecule has 0 radical (unpaired) electrons. The number of nitrogens with one attached hydrogen (secondary N) is 3. The minimum Gasteiger partial charge on any atom is -0.444 e. The number of aromatic nitrogens is 1. The number of carbonyl (C=O) groups excluding carboxylic acids is 3. The second-order valence-corrected chi connectivity index (χ2v) is 15.5.